The van der Waals surface area contributed by atoms with Gasteiger partial charge in [0, 0.05) is 0 Å². The number of hydrogen-bond acceptors (Lipinski definition) is 4. The van der Waals surface area contributed by atoms with Crippen molar-refractivity contribution in [1.82, 2.24) is 0 Å². The van der Waals surface area contributed by atoms with Crippen LogP contribution >= 0.6 is 0 Å². The number of ether oxygens (including phenoxy) is 2. The van der Waals surface area contributed by atoms with E-state index in [4.69, 9.17) is 9.47 Å². The van der Waals surface area contributed by atoms with E-state index in [0.29, 0.717) is 12.8 Å². The third-order valence-electron chi connectivity index (χ3n) is 6.23. The van der Waals surface area contributed by atoms with Crippen molar-refractivity contribution in [1.29, 1.82) is 0 Å². The third-order valence-corrected chi connectivity index (χ3v) is 6.23. The van der Waals surface area contributed by atoms with Gasteiger partial charge in [-0.2, -0.15) is 0 Å². The molecule has 4 aromatic carbocycles. The molecule has 172 valence electrons. The summed E-state index contributed by atoms with van der Waals surface area (Å²) in [5.41, 5.74) is 3.95. The van der Waals surface area contributed by atoms with E-state index < -0.39 is 12.2 Å². The van der Waals surface area contributed by atoms with Crippen molar-refractivity contribution in [2.24, 2.45) is 0 Å². The Bertz CT molecular complexity index is 1120. The van der Waals surface area contributed by atoms with Crippen LogP contribution in [-0.2, 0) is 12.8 Å². The Morgan fingerprint density at radius 3 is 1.23 bits per heavy atom. The molecule has 4 atom stereocenters. The standard InChI is InChI=1S/2C15H13O2.Mg/c2*16-13-10-12-8-4-5-9-14(12)17-15(13)11-6-2-1-3-7-11;/h2*1-9,13,15H,10H2;/q2*-1;+2. The van der Waals surface area contributed by atoms with Crippen LogP contribution in [0.4, 0.5) is 0 Å². The molecule has 4 unspecified atom stereocenters. The van der Waals surface area contributed by atoms with Crippen LogP contribution in [0.2, 0.25) is 0 Å². The molecule has 0 spiro atoms. The topological polar surface area (TPSA) is 64.6 Å². The molecule has 0 fully saturated rings. The predicted molar refractivity (Wildman–Crippen MR) is 133 cm³/mol. The molecular weight excluding hydrogens is 449 g/mol. The summed E-state index contributed by atoms with van der Waals surface area (Å²) in [6, 6.07) is 35.0. The molecule has 0 radical (unpaired) electrons. The van der Waals surface area contributed by atoms with Gasteiger partial charge in [-0.3, -0.25) is 0 Å². The van der Waals surface area contributed by atoms with E-state index in [9.17, 15) is 10.2 Å². The van der Waals surface area contributed by atoms with Crippen LogP contribution in [-0.4, -0.2) is 35.3 Å². The molecule has 5 heteroatoms. The molecule has 4 nitrogen and oxygen atoms in total. The van der Waals surface area contributed by atoms with Gasteiger partial charge in [0.25, 0.3) is 0 Å². The maximum absolute atomic E-state index is 12.1. The Labute approximate surface area is 222 Å². The molecule has 0 aliphatic carbocycles. The van der Waals surface area contributed by atoms with Crippen LogP contribution < -0.4 is 19.7 Å². The minimum atomic E-state index is -0.729. The second-order valence-corrected chi connectivity index (χ2v) is 8.60. The van der Waals surface area contributed by atoms with Crippen LogP contribution in [0, 0.1) is 0 Å². The van der Waals surface area contributed by atoms with Crippen LogP contribution in [0.3, 0.4) is 0 Å². The number of hydrogen-bond donors (Lipinski definition) is 0. The van der Waals surface area contributed by atoms with E-state index in [0.717, 1.165) is 33.8 Å². The van der Waals surface area contributed by atoms with E-state index in [1.54, 1.807) is 0 Å². The molecule has 2 heterocycles. The Hall–Kier alpha value is -2.83. The van der Waals surface area contributed by atoms with Gasteiger partial charge in [-0.1, -0.05) is 109 Å². The summed E-state index contributed by atoms with van der Waals surface area (Å²) in [6.45, 7) is 0. The zero-order valence-electron chi connectivity index (χ0n) is 19.5. The van der Waals surface area contributed by atoms with Crippen LogP contribution in [0.15, 0.2) is 109 Å². The monoisotopic (exact) mass is 474 g/mol. The van der Waals surface area contributed by atoms with Gasteiger partial charge in [0.2, 0.25) is 0 Å². The molecule has 0 N–H and O–H groups in total. The zero-order chi connectivity index (χ0) is 23.3. The number of benzene rings is 4. The molecule has 0 saturated heterocycles. The summed E-state index contributed by atoms with van der Waals surface area (Å²) in [4.78, 5) is 0. The average Bonchev–Trinajstić information content (AvgIpc) is 2.89. The quantitative estimate of drug-likeness (QED) is 0.415. The van der Waals surface area contributed by atoms with Crippen molar-refractivity contribution >= 4 is 23.1 Å². The van der Waals surface area contributed by atoms with Crippen LogP contribution in [0.1, 0.15) is 34.5 Å². The number of rotatable bonds is 2. The molecule has 0 saturated carbocycles. The molecule has 0 bridgehead atoms. The van der Waals surface area contributed by atoms with Gasteiger partial charge in [0.1, 0.15) is 23.7 Å². The SMILES string of the molecule is [Mg+2].[O-]C1Cc2ccccc2OC1c1ccccc1.[O-]C1Cc2ccccc2OC1c1ccccc1. The van der Waals surface area contributed by atoms with Crippen molar-refractivity contribution in [3.05, 3.63) is 131 Å². The zero-order valence-corrected chi connectivity index (χ0v) is 20.9. The summed E-state index contributed by atoms with van der Waals surface area (Å²) in [5.74, 6) is 1.68. The fraction of sp³-hybridized carbons (Fsp3) is 0.200. The van der Waals surface area contributed by atoms with Gasteiger partial charge >= 0.3 is 23.1 Å². The number of fused-ring (bicyclic) bond motifs is 2. The fourth-order valence-corrected chi connectivity index (χ4v) is 4.50. The Morgan fingerprint density at radius 2 is 0.829 bits per heavy atom. The second-order valence-electron chi connectivity index (χ2n) is 8.60. The molecule has 2 aliphatic heterocycles. The van der Waals surface area contributed by atoms with E-state index in [1.807, 2.05) is 109 Å². The molecule has 6 rings (SSSR count). The first kappa shape index (κ1) is 25.3. The first-order valence-electron chi connectivity index (χ1n) is 11.6. The second kappa shape index (κ2) is 11.7. The molecule has 35 heavy (non-hydrogen) atoms. The van der Waals surface area contributed by atoms with Gasteiger partial charge < -0.3 is 19.7 Å². The smallest absolute Gasteiger partial charge is 0.849 e. The number of para-hydroxylation sites is 2. The largest absolute Gasteiger partial charge is 2.00 e. The normalized spacial score (nSPS) is 22.0. The predicted octanol–water partition coefficient (Wildman–Crippen LogP) is 3.80. The van der Waals surface area contributed by atoms with Crippen molar-refractivity contribution in [2.45, 2.75) is 37.3 Å². The fourth-order valence-electron chi connectivity index (χ4n) is 4.50. The van der Waals surface area contributed by atoms with Gasteiger partial charge in [0.15, 0.2) is 0 Å². The van der Waals surface area contributed by atoms with Crippen molar-refractivity contribution in [3.63, 3.8) is 0 Å². The van der Waals surface area contributed by atoms with Gasteiger partial charge in [-0.05, 0) is 47.2 Å². The maximum Gasteiger partial charge on any atom is 2.00 e. The van der Waals surface area contributed by atoms with Gasteiger partial charge in [0.05, 0.1) is 0 Å². The summed E-state index contributed by atoms with van der Waals surface area (Å²) in [6.07, 6.45) is -1.12. The minimum Gasteiger partial charge on any atom is -0.849 e. The average molecular weight is 475 g/mol. The first-order valence-corrected chi connectivity index (χ1v) is 11.6. The minimum absolute atomic E-state index is 0. The molecular formula is C30H26MgO4. The van der Waals surface area contributed by atoms with Crippen LogP contribution in [0.5, 0.6) is 11.5 Å². The van der Waals surface area contributed by atoms with Gasteiger partial charge in [-0.15, -0.1) is 0 Å². The summed E-state index contributed by atoms with van der Waals surface area (Å²) >= 11 is 0. The first-order chi connectivity index (χ1) is 16.7. The third kappa shape index (κ3) is 5.88. The Morgan fingerprint density at radius 1 is 0.486 bits per heavy atom. The summed E-state index contributed by atoms with van der Waals surface area (Å²) < 4.78 is 11.6. The van der Waals surface area contributed by atoms with Crippen molar-refractivity contribution < 1.29 is 19.7 Å². The van der Waals surface area contributed by atoms with E-state index >= 15 is 0 Å². The van der Waals surface area contributed by atoms with E-state index in [1.165, 1.54) is 0 Å². The van der Waals surface area contributed by atoms with E-state index in [2.05, 4.69) is 0 Å². The van der Waals surface area contributed by atoms with Gasteiger partial charge in [-0.25, -0.2) is 0 Å². The molecule has 0 amide bonds. The Balaban J connectivity index is 0.000000160. The summed E-state index contributed by atoms with van der Waals surface area (Å²) in [7, 11) is 0. The summed E-state index contributed by atoms with van der Waals surface area (Å²) in [5, 5.41) is 24.2. The molecule has 2 aliphatic rings. The Kier molecular flexibility index (Phi) is 8.47. The van der Waals surface area contributed by atoms with Crippen molar-refractivity contribution in [3.8, 4) is 11.5 Å². The molecule has 4 aromatic rings. The van der Waals surface area contributed by atoms with Crippen LogP contribution in [0.25, 0.3) is 0 Å². The van der Waals surface area contributed by atoms with Crippen molar-refractivity contribution in [2.75, 3.05) is 0 Å². The maximum atomic E-state index is 12.1. The van der Waals surface area contributed by atoms with E-state index in [-0.39, 0.29) is 35.3 Å². The molecule has 0 aromatic heterocycles.